The van der Waals surface area contributed by atoms with Gasteiger partial charge in [-0.2, -0.15) is 4.98 Å². The van der Waals surface area contributed by atoms with Crippen LogP contribution in [0.5, 0.6) is 5.75 Å². The fourth-order valence-corrected chi connectivity index (χ4v) is 2.96. The molecular weight excluding hydrogens is 350 g/mol. The number of rotatable bonds is 6. The minimum atomic E-state index is 0.520. The molecule has 0 radical (unpaired) electrons. The molecule has 28 heavy (non-hydrogen) atoms. The molecule has 140 valence electrons. The molecule has 4 aromatic rings. The Morgan fingerprint density at radius 1 is 0.929 bits per heavy atom. The highest BCUT2D eigenvalue weighted by atomic mass is 16.5. The fraction of sp³-hybridized carbons (Fsp3) is 0.136. The van der Waals surface area contributed by atoms with E-state index in [9.17, 15) is 0 Å². The molecule has 0 saturated carbocycles. The number of para-hydroxylation sites is 1. The van der Waals surface area contributed by atoms with Gasteiger partial charge in [0, 0.05) is 29.0 Å². The number of benzene rings is 2. The molecule has 0 spiro atoms. The maximum absolute atomic E-state index is 5.48. The number of fused-ring (bicyclic) bond motifs is 1. The number of ether oxygens (including phenoxy) is 1. The molecule has 0 unspecified atom stereocenters. The highest BCUT2D eigenvalue weighted by molar-refractivity contribution is 5.91. The molecule has 4 rings (SSSR count). The topological polar surface area (TPSA) is 72.0 Å². The molecule has 0 bridgehead atoms. The van der Waals surface area contributed by atoms with Crippen LogP contribution in [0.25, 0.3) is 10.9 Å². The highest BCUT2D eigenvalue weighted by Crippen LogP contribution is 2.25. The molecule has 6 nitrogen and oxygen atoms in total. The molecule has 6 heteroatoms. The lowest BCUT2D eigenvalue weighted by atomic mass is 10.2. The van der Waals surface area contributed by atoms with Gasteiger partial charge in [-0.05, 0) is 50.2 Å². The summed E-state index contributed by atoms with van der Waals surface area (Å²) in [7, 11) is 0. The first-order valence-corrected chi connectivity index (χ1v) is 9.17. The summed E-state index contributed by atoms with van der Waals surface area (Å²) >= 11 is 0. The van der Waals surface area contributed by atoms with Crippen molar-refractivity contribution >= 4 is 34.0 Å². The summed E-state index contributed by atoms with van der Waals surface area (Å²) in [6, 6.07) is 19.6. The predicted octanol–water partition coefficient (Wildman–Crippen LogP) is 5.22. The summed E-state index contributed by atoms with van der Waals surface area (Å²) in [6.07, 6.45) is 1.78. The number of aromatic nitrogens is 3. The Morgan fingerprint density at radius 2 is 1.75 bits per heavy atom. The number of nitrogens with zero attached hydrogens (tertiary/aromatic N) is 3. The van der Waals surface area contributed by atoms with Gasteiger partial charge in [0.05, 0.1) is 17.8 Å². The zero-order valence-electron chi connectivity index (χ0n) is 15.8. The zero-order valence-corrected chi connectivity index (χ0v) is 15.8. The second-order valence-electron chi connectivity index (χ2n) is 6.31. The summed E-state index contributed by atoms with van der Waals surface area (Å²) in [4.78, 5) is 13.6. The monoisotopic (exact) mass is 371 g/mol. The molecule has 0 aliphatic heterocycles. The first kappa shape index (κ1) is 17.7. The second kappa shape index (κ2) is 7.92. The van der Waals surface area contributed by atoms with Crippen LogP contribution in [0.1, 0.15) is 12.6 Å². The Morgan fingerprint density at radius 3 is 2.57 bits per heavy atom. The molecule has 0 saturated heterocycles. The van der Waals surface area contributed by atoms with E-state index in [4.69, 9.17) is 4.74 Å². The molecule has 2 heterocycles. The predicted molar refractivity (Wildman–Crippen MR) is 113 cm³/mol. The molecular formula is C22H21N5O. The maximum atomic E-state index is 5.48. The van der Waals surface area contributed by atoms with Crippen LogP contribution in [0.4, 0.5) is 23.1 Å². The molecule has 0 aliphatic rings. The number of pyridine rings is 1. The fourth-order valence-electron chi connectivity index (χ4n) is 2.96. The van der Waals surface area contributed by atoms with E-state index in [1.165, 1.54) is 0 Å². The number of hydrogen-bond acceptors (Lipinski definition) is 6. The van der Waals surface area contributed by atoms with Crippen molar-refractivity contribution < 1.29 is 4.74 Å². The Kier molecular flexibility index (Phi) is 5.01. The lowest BCUT2D eigenvalue weighted by Crippen LogP contribution is -2.03. The summed E-state index contributed by atoms with van der Waals surface area (Å²) in [6.45, 7) is 4.56. The van der Waals surface area contributed by atoms with Crippen molar-refractivity contribution in [1.29, 1.82) is 0 Å². The third-order valence-electron chi connectivity index (χ3n) is 4.17. The van der Waals surface area contributed by atoms with E-state index < -0.39 is 0 Å². The average Bonchev–Trinajstić information content (AvgIpc) is 2.70. The van der Waals surface area contributed by atoms with Crippen molar-refractivity contribution in [3.63, 3.8) is 0 Å². The van der Waals surface area contributed by atoms with Gasteiger partial charge >= 0.3 is 0 Å². The van der Waals surface area contributed by atoms with Gasteiger partial charge < -0.3 is 15.4 Å². The first-order valence-electron chi connectivity index (χ1n) is 9.17. The van der Waals surface area contributed by atoms with Crippen molar-refractivity contribution in [3.05, 3.63) is 72.6 Å². The van der Waals surface area contributed by atoms with Gasteiger partial charge in [-0.3, -0.25) is 4.98 Å². The van der Waals surface area contributed by atoms with E-state index in [2.05, 4.69) is 25.6 Å². The minimum Gasteiger partial charge on any atom is -0.494 e. The van der Waals surface area contributed by atoms with Crippen LogP contribution < -0.4 is 15.4 Å². The summed E-state index contributed by atoms with van der Waals surface area (Å²) < 4.78 is 5.48. The summed E-state index contributed by atoms with van der Waals surface area (Å²) in [5.74, 6) is 2.08. The SMILES string of the molecule is CCOc1ccc(Nc2cc(C)nc(Nc3cccc4cccnc34)n2)cc1. The van der Waals surface area contributed by atoms with Crippen molar-refractivity contribution in [3.8, 4) is 5.75 Å². The maximum Gasteiger partial charge on any atom is 0.229 e. The van der Waals surface area contributed by atoms with Crippen LogP contribution in [-0.4, -0.2) is 21.6 Å². The van der Waals surface area contributed by atoms with E-state index in [1.807, 2.05) is 74.5 Å². The minimum absolute atomic E-state index is 0.520. The second-order valence-corrected chi connectivity index (χ2v) is 6.31. The molecule has 0 amide bonds. The number of hydrogen-bond donors (Lipinski definition) is 2. The molecule has 0 aliphatic carbocycles. The standard InChI is InChI=1S/C22H21N5O/c1-3-28-18-11-9-17(10-12-18)25-20-14-15(2)24-22(27-20)26-19-8-4-6-16-7-5-13-23-21(16)19/h4-14H,3H2,1-2H3,(H2,24,25,26,27). The van der Waals surface area contributed by atoms with Crippen LogP contribution in [0.2, 0.25) is 0 Å². The van der Waals surface area contributed by atoms with E-state index in [0.717, 1.165) is 33.7 Å². The van der Waals surface area contributed by atoms with Gasteiger partial charge in [-0.25, -0.2) is 4.98 Å². The number of aryl methyl sites for hydroxylation is 1. The third-order valence-corrected chi connectivity index (χ3v) is 4.17. The molecule has 2 aromatic carbocycles. The van der Waals surface area contributed by atoms with E-state index >= 15 is 0 Å². The molecule has 2 N–H and O–H groups in total. The Bertz CT molecular complexity index is 1090. The average molecular weight is 371 g/mol. The Labute approximate surface area is 163 Å². The lowest BCUT2D eigenvalue weighted by molar-refractivity contribution is 0.340. The van der Waals surface area contributed by atoms with Crippen LogP contribution >= 0.6 is 0 Å². The summed E-state index contributed by atoms with van der Waals surface area (Å²) in [5, 5.41) is 7.67. The van der Waals surface area contributed by atoms with Crippen molar-refractivity contribution in [2.45, 2.75) is 13.8 Å². The van der Waals surface area contributed by atoms with E-state index in [-0.39, 0.29) is 0 Å². The largest absolute Gasteiger partial charge is 0.494 e. The van der Waals surface area contributed by atoms with Crippen LogP contribution in [-0.2, 0) is 0 Å². The van der Waals surface area contributed by atoms with E-state index in [1.54, 1.807) is 6.20 Å². The zero-order chi connectivity index (χ0) is 19.3. The third kappa shape index (κ3) is 4.01. The Balaban J connectivity index is 1.58. The van der Waals surface area contributed by atoms with Crippen molar-refractivity contribution in [2.75, 3.05) is 17.2 Å². The molecule has 0 atom stereocenters. The van der Waals surface area contributed by atoms with Crippen LogP contribution in [0.3, 0.4) is 0 Å². The van der Waals surface area contributed by atoms with Gasteiger partial charge in [0.15, 0.2) is 0 Å². The van der Waals surface area contributed by atoms with Gasteiger partial charge in [-0.1, -0.05) is 18.2 Å². The number of nitrogens with one attached hydrogen (secondary N) is 2. The van der Waals surface area contributed by atoms with Gasteiger partial charge in [0.1, 0.15) is 11.6 Å². The van der Waals surface area contributed by atoms with Crippen molar-refractivity contribution in [1.82, 2.24) is 15.0 Å². The highest BCUT2D eigenvalue weighted by Gasteiger charge is 2.07. The normalized spacial score (nSPS) is 10.6. The smallest absolute Gasteiger partial charge is 0.229 e. The first-order chi connectivity index (χ1) is 13.7. The van der Waals surface area contributed by atoms with Gasteiger partial charge in [0.25, 0.3) is 0 Å². The molecule has 0 fully saturated rings. The summed E-state index contributed by atoms with van der Waals surface area (Å²) in [5.41, 5.74) is 3.55. The van der Waals surface area contributed by atoms with E-state index in [0.29, 0.717) is 18.4 Å². The lowest BCUT2D eigenvalue weighted by Gasteiger charge is -2.11. The van der Waals surface area contributed by atoms with Gasteiger partial charge in [0.2, 0.25) is 5.95 Å². The number of anilines is 4. The van der Waals surface area contributed by atoms with Crippen molar-refractivity contribution in [2.24, 2.45) is 0 Å². The Hall–Kier alpha value is -3.67. The quantitative estimate of drug-likeness (QED) is 0.484. The van der Waals surface area contributed by atoms with Crippen LogP contribution in [0.15, 0.2) is 66.9 Å². The van der Waals surface area contributed by atoms with Gasteiger partial charge in [-0.15, -0.1) is 0 Å². The molecule has 2 aromatic heterocycles. The van der Waals surface area contributed by atoms with Crippen LogP contribution in [0, 0.1) is 6.92 Å².